The molecule has 0 aliphatic rings. The second-order valence-corrected chi connectivity index (χ2v) is 6.39. The Bertz CT molecular complexity index is 731. The molecule has 0 saturated carbocycles. The van der Waals surface area contributed by atoms with Gasteiger partial charge in [0.25, 0.3) is 5.91 Å². The number of hydrogen-bond acceptors (Lipinski definition) is 6. The highest BCUT2D eigenvalue weighted by molar-refractivity contribution is 7.07. The summed E-state index contributed by atoms with van der Waals surface area (Å²) in [5, 5.41) is 13.6. The van der Waals surface area contributed by atoms with Gasteiger partial charge in [-0.15, -0.1) is 11.3 Å². The van der Waals surface area contributed by atoms with E-state index in [1.807, 2.05) is 5.38 Å². The molecule has 1 atom stereocenters. The van der Waals surface area contributed by atoms with E-state index in [1.165, 1.54) is 24.5 Å². The van der Waals surface area contributed by atoms with Gasteiger partial charge in [0.15, 0.2) is 11.5 Å². The molecule has 2 aromatic rings. The van der Waals surface area contributed by atoms with Crippen LogP contribution in [0, 0.1) is 5.92 Å². The van der Waals surface area contributed by atoms with Gasteiger partial charge in [-0.2, -0.15) is 0 Å². The lowest BCUT2D eigenvalue weighted by atomic mass is 10.0. The second-order valence-electron chi connectivity index (χ2n) is 5.67. The lowest BCUT2D eigenvalue weighted by Crippen LogP contribution is -2.44. The number of carboxylic acids is 1. The summed E-state index contributed by atoms with van der Waals surface area (Å²) >= 11 is 1.48. The maximum atomic E-state index is 12.3. The molecule has 0 saturated heterocycles. The first kappa shape index (κ1) is 18.7. The van der Waals surface area contributed by atoms with Crippen LogP contribution in [-0.2, 0) is 11.4 Å². The van der Waals surface area contributed by atoms with Crippen LogP contribution in [0.3, 0.4) is 0 Å². The number of rotatable bonds is 8. The molecule has 1 amide bonds. The van der Waals surface area contributed by atoms with Crippen molar-refractivity contribution in [3.05, 3.63) is 40.3 Å². The van der Waals surface area contributed by atoms with E-state index in [0.29, 0.717) is 23.7 Å². The normalized spacial score (nSPS) is 11.8. The zero-order valence-corrected chi connectivity index (χ0v) is 15.0. The van der Waals surface area contributed by atoms with Crippen LogP contribution in [0.25, 0.3) is 0 Å². The number of methoxy groups -OCH3 is 1. The third-order valence-electron chi connectivity index (χ3n) is 3.50. The van der Waals surface area contributed by atoms with Crippen LogP contribution in [0.5, 0.6) is 11.5 Å². The number of aliphatic carboxylic acids is 1. The highest BCUT2D eigenvalue weighted by Crippen LogP contribution is 2.29. The molecule has 0 aliphatic carbocycles. The Kier molecular flexibility index (Phi) is 6.35. The number of hydrogen-bond donors (Lipinski definition) is 2. The van der Waals surface area contributed by atoms with E-state index < -0.39 is 17.9 Å². The molecule has 0 spiro atoms. The first-order valence-corrected chi connectivity index (χ1v) is 8.58. The van der Waals surface area contributed by atoms with Gasteiger partial charge in [-0.1, -0.05) is 13.8 Å². The fourth-order valence-corrected chi connectivity index (χ4v) is 2.67. The Labute approximate surface area is 149 Å². The molecule has 2 N–H and O–H groups in total. The molecule has 1 heterocycles. The van der Waals surface area contributed by atoms with Crippen LogP contribution in [0.15, 0.2) is 29.1 Å². The molecule has 25 heavy (non-hydrogen) atoms. The number of amides is 1. The van der Waals surface area contributed by atoms with Gasteiger partial charge in [0, 0.05) is 10.9 Å². The highest BCUT2D eigenvalue weighted by Gasteiger charge is 2.24. The fourth-order valence-electron chi connectivity index (χ4n) is 2.13. The standard InChI is InChI=1S/C17H20N2O5S/c1-10(2)15(17(21)22)19-16(20)11-4-5-13(14(6-11)23-3)24-7-12-8-25-9-18-12/h4-6,8-10,15H,7H2,1-3H3,(H,19,20)(H,21,22)/t15-/m1/s1. The van der Waals surface area contributed by atoms with Crippen molar-refractivity contribution in [1.29, 1.82) is 0 Å². The van der Waals surface area contributed by atoms with Crippen molar-refractivity contribution in [2.45, 2.75) is 26.5 Å². The number of nitrogens with one attached hydrogen (secondary N) is 1. The van der Waals surface area contributed by atoms with E-state index in [9.17, 15) is 14.7 Å². The minimum atomic E-state index is -1.07. The number of thiazole rings is 1. The number of aromatic nitrogens is 1. The van der Waals surface area contributed by atoms with Gasteiger partial charge in [-0.05, 0) is 24.1 Å². The fraction of sp³-hybridized carbons (Fsp3) is 0.353. The third kappa shape index (κ3) is 4.93. The lowest BCUT2D eigenvalue weighted by molar-refractivity contribution is -0.140. The molecule has 2 rings (SSSR count). The maximum absolute atomic E-state index is 12.3. The van der Waals surface area contributed by atoms with E-state index >= 15 is 0 Å². The van der Waals surface area contributed by atoms with Gasteiger partial charge in [-0.3, -0.25) is 4.79 Å². The zero-order chi connectivity index (χ0) is 18.4. The summed E-state index contributed by atoms with van der Waals surface area (Å²) in [4.78, 5) is 27.7. The molecule has 7 nitrogen and oxygen atoms in total. The molecule has 134 valence electrons. The molecule has 8 heteroatoms. The van der Waals surface area contributed by atoms with Gasteiger partial charge < -0.3 is 19.9 Å². The molecule has 0 unspecified atom stereocenters. The predicted octanol–water partition coefficient (Wildman–Crippen LogP) is 2.57. The predicted molar refractivity (Wildman–Crippen MR) is 93.2 cm³/mol. The first-order chi connectivity index (χ1) is 11.9. The number of ether oxygens (including phenoxy) is 2. The van der Waals surface area contributed by atoms with Crippen LogP contribution in [-0.4, -0.2) is 35.1 Å². The maximum Gasteiger partial charge on any atom is 0.326 e. The number of carbonyl (C=O) groups excluding carboxylic acids is 1. The van der Waals surface area contributed by atoms with Crippen molar-refractivity contribution in [3.8, 4) is 11.5 Å². The zero-order valence-electron chi connectivity index (χ0n) is 14.2. The third-order valence-corrected chi connectivity index (χ3v) is 4.14. The number of benzene rings is 1. The molecular formula is C17H20N2O5S. The highest BCUT2D eigenvalue weighted by atomic mass is 32.1. The average Bonchev–Trinajstić information content (AvgIpc) is 3.10. The van der Waals surface area contributed by atoms with Crippen molar-refractivity contribution in [2.24, 2.45) is 5.92 Å². The Morgan fingerprint density at radius 1 is 1.32 bits per heavy atom. The minimum Gasteiger partial charge on any atom is -0.493 e. The summed E-state index contributed by atoms with van der Waals surface area (Å²) in [6, 6.07) is 3.74. The average molecular weight is 364 g/mol. The van der Waals surface area contributed by atoms with Crippen molar-refractivity contribution in [3.63, 3.8) is 0 Å². The summed E-state index contributed by atoms with van der Waals surface area (Å²) < 4.78 is 10.9. The van der Waals surface area contributed by atoms with E-state index in [0.717, 1.165) is 5.69 Å². The largest absolute Gasteiger partial charge is 0.493 e. The Morgan fingerprint density at radius 2 is 2.08 bits per heavy atom. The van der Waals surface area contributed by atoms with Crippen LogP contribution < -0.4 is 14.8 Å². The minimum absolute atomic E-state index is 0.232. The van der Waals surface area contributed by atoms with Gasteiger partial charge in [0.05, 0.1) is 18.3 Å². The van der Waals surface area contributed by atoms with Crippen molar-refractivity contribution in [2.75, 3.05) is 7.11 Å². The van der Waals surface area contributed by atoms with E-state index in [2.05, 4.69) is 10.3 Å². The van der Waals surface area contributed by atoms with Gasteiger partial charge >= 0.3 is 5.97 Å². The Balaban J connectivity index is 2.11. The number of carboxylic acid groups (broad SMARTS) is 1. The Hall–Kier alpha value is -2.61. The van der Waals surface area contributed by atoms with Crippen LogP contribution >= 0.6 is 11.3 Å². The summed E-state index contributed by atoms with van der Waals surface area (Å²) in [6.45, 7) is 3.75. The van der Waals surface area contributed by atoms with Crippen molar-refractivity contribution in [1.82, 2.24) is 10.3 Å². The van der Waals surface area contributed by atoms with Gasteiger partial charge in [0.1, 0.15) is 12.6 Å². The quantitative estimate of drug-likeness (QED) is 0.747. The van der Waals surface area contributed by atoms with E-state index in [1.54, 1.807) is 31.5 Å². The molecule has 0 radical (unpaired) electrons. The summed E-state index contributed by atoms with van der Waals surface area (Å²) in [6.07, 6.45) is 0. The van der Waals surface area contributed by atoms with Crippen molar-refractivity contribution >= 4 is 23.2 Å². The first-order valence-electron chi connectivity index (χ1n) is 7.64. The monoisotopic (exact) mass is 364 g/mol. The second kappa shape index (κ2) is 8.48. The Morgan fingerprint density at radius 3 is 2.64 bits per heavy atom. The van der Waals surface area contributed by atoms with Crippen LogP contribution in [0.4, 0.5) is 0 Å². The molecular weight excluding hydrogens is 344 g/mol. The van der Waals surface area contributed by atoms with Crippen LogP contribution in [0.2, 0.25) is 0 Å². The van der Waals surface area contributed by atoms with E-state index in [-0.39, 0.29) is 5.92 Å². The molecule has 0 fully saturated rings. The summed E-state index contributed by atoms with van der Waals surface area (Å²) in [5.74, 6) is -0.918. The van der Waals surface area contributed by atoms with Gasteiger partial charge in [0.2, 0.25) is 0 Å². The van der Waals surface area contributed by atoms with E-state index in [4.69, 9.17) is 9.47 Å². The molecule has 0 aliphatic heterocycles. The summed E-state index contributed by atoms with van der Waals surface area (Å²) in [7, 11) is 1.47. The molecule has 1 aromatic carbocycles. The molecule has 0 bridgehead atoms. The number of carbonyl (C=O) groups is 2. The lowest BCUT2D eigenvalue weighted by Gasteiger charge is -2.18. The van der Waals surface area contributed by atoms with Crippen molar-refractivity contribution < 1.29 is 24.2 Å². The molecule has 1 aromatic heterocycles. The summed E-state index contributed by atoms with van der Waals surface area (Å²) in [5.41, 5.74) is 2.82. The van der Waals surface area contributed by atoms with Gasteiger partial charge in [-0.25, -0.2) is 9.78 Å². The van der Waals surface area contributed by atoms with Crippen LogP contribution in [0.1, 0.15) is 29.9 Å². The number of nitrogens with zero attached hydrogens (tertiary/aromatic N) is 1. The topological polar surface area (TPSA) is 97.8 Å². The smallest absolute Gasteiger partial charge is 0.326 e. The SMILES string of the molecule is COc1cc(C(=O)N[C@@H](C(=O)O)C(C)C)ccc1OCc1cscn1.